The van der Waals surface area contributed by atoms with Crippen LogP contribution in [0.3, 0.4) is 0 Å². The van der Waals surface area contributed by atoms with Crippen molar-refractivity contribution in [3.05, 3.63) is 24.3 Å². The first-order valence-electron chi connectivity index (χ1n) is 10.1. The van der Waals surface area contributed by atoms with Crippen molar-refractivity contribution in [1.82, 2.24) is 15.8 Å². The van der Waals surface area contributed by atoms with Crippen molar-refractivity contribution in [3.63, 3.8) is 0 Å². The van der Waals surface area contributed by atoms with E-state index in [0.29, 0.717) is 30.9 Å². The Morgan fingerprint density at radius 3 is 2.40 bits per heavy atom. The van der Waals surface area contributed by atoms with Gasteiger partial charge >= 0.3 is 0 Å². The molecule has 1 aromatic carbocycles. The summed E-state index contributed by atoms with van der Waals surface area (Å²) in [5, 5.41) is 0. The summed E-state index contributed by atoms with van der Waals surface area (Å²) in [7, 11) is 1.45. The lowest BCUT2D eigenvalue weighted by Crippen LogP contribution is -2.51. The largest absolute Gasteiger partial charge is 0.490 e. The van der Waals surface area contributed by atoms with Crippen LogP contribution >= 0.6 is 0 Å². The molecule has 1 saturated heterocycles. The van der Waals surface area contributed by atoms with E-state index in [9.17, 15) is 19.2 Å². The maximum absolute atomic E-state index is 12.8. The van der Waals surface area contributed by atoms with Gasteiger partial charge in [-0.15, -0.1) is 0 Å². The van der Waals surface area contributed by atoms with Crippen molar-refractivity contribution in [2.45, 2.75) is 26.7 Å². The molecule has 2 N–H and O–H groups in total. The van der Waals surface area contributed by atoms with Crippen LogP contribution < -0.4 is 20.3 Å². The van der Waals surface area contributed by atoms with Crippen molar-refractivity contribution in [3.8, 4) is 11.5 Å². The summed E-state index contributed by atoms with van der Waals surface area (Å²) in [6, 6.07) is 6.97. The first-order chi connectivity index (χ1) is 14.3. The summed E-state index contributed by atoms with van der Waals surface area (Å²) in [5.74, 6) is -2.57. The SMILES string of the molecule is CCOc1ccccc1OCC(=O)NNC(=O)C1C(C)CCC2C(=O)N(C)C(=O)C21. The zero-order valence-corrected chi connectivity index (χ0v) is 17.3. The molecule has 4 unspecified atom stereocenters. The lowest BCUT2D eigenvalue weighted by molar-refractivity contribution is -0.142. The van der Waals surface area contributed by atoms with E-state index in [0.717, 1.165) is 4.90 Å². The average Bonchev–Trinajstić information content (AvgIpc) is 2.95. The normalized spacial score (nSPS) is 25.5. The Labute approximate surface area is 175 Å². The number of rotatable bonds is 6. The van der Waals surface area contributed by atoms with E-state index in [-0.39, 0.29) is 24.3 Å². The van der Waals surface area contributed by atoms with E-state index in [1.54, 1.807) is 24.3 Å². The van der Waals surface area contributed by atoms with Crippen molar-refractivity contribution in [2.75, 3.05) is 20.3 Å². The van der Waals surface area contributed by atoms with Crippen LogP contribution in [0, 0.1) is 23.7 Å². The number of nitrogens with one attached hydrogen (secondary N) is 2. The number of hydrazine groups is 1. The fourth-order valence-electron chi connectivity index (χ4n) is 4.25. The van der Waals surface area contributed by atoms with Gasteiger partial charge in [-0.1, -0.05) is 19.1 Å². The Kier molecular flexibility index (Phi) is 6.59. The number of amides is 4. The van der Waals surface area contributed by atoms with E-state index in [4.69, 9.17) is 9.47 Å². The van der Waals surface area contributed by atoms with Gasteiger partial charge in [-0.25, -0.2) is 0 Å². The zero-order chi connectivity index (χ0) is 21.8. The second-order valence-electron chi connectivity index (χ2n) is 7.65. The maximum atomic E-state index is 12.8. The van der Waals surface area contributed by atoms with E-state index < -0.39 is 29.6 Å². The van der Waals surface area contributed by atoms with Gasteiger partial charge in [0.1, 0.15) is 0 Å². The van der Waals surface area contributed by atoms with Crippen LogP contribution in [0.1, 0.15) is 26.7 Å². The lowest BCUT2D eigenvalue weighted by atomic mass is 9.68. The summed E-state index contributed by atoms with van der Waals surface area (Å²) in [6.45, 7) is 3.86. The van der Waals surface area contributed by atoms with Gasteiger partial charge < -0.3 is 9.47 Å². The number of para-hydroxylation sites is 2. The predicted molar refractivity (Wildman–Crippen MR) is 106 cm³/mol. The highest BCUT2D eigenvalue weighted by atomic mass is 16.5. The number of carbonyl (C=O) groups is 4. The van der Waals surface area contributed by atoms with Crippen molar-refractivity contribution in [2.24, 2.45) is 23.7 Å². The molecule has 9 nitrogen and oxygen atoms in total. The van der Waals surface area contributed by atoms with Gasteiger partial charge in [0, 0.05) is 7.05 Å². The third kappa shape index (κ3) is 4.24. The van der Waals surface area contributed by atoms with E-state index in [2.05, 4.69) is 10.9 Å². The summed E-state index contributed by atoms with van der Waals surface area (Å²) in [4.78, 5) is 50.8. The topological polar surface area (TPSA) is 114 Å². The number of carbonyl (C=O) groups excluding carboxylic acids is 4. The average molecular weight is 417 g/mol. The van der Waals surface area contributed by atoms with Crippen LogP contribution in [-0.2, 0) is 19.2 Å². The van der Waals surface area contributed by atoms with Crippen LogP contribution in [0.25, 0.3) is 0 Å². The standard InChI is InChI=1S/C21H27N3O6/c1-4-29-14-7-5-6-8-15(14)30-11-16(25)22-23-19(26)17-12(2)9-10-13-18(17)21(28)24(3)20(13)27/h5-8,12-13,17-18H,4,9-11H2,1-3H3,(H,22,25)(H,23,26). The number of likely N-dealkylation sites (tertiary alicyclic amines) is 1. The fourth-order valence-corrected chi connectivity index (χ4v) is 4.25. The third-order valence-corrected chi connectivity index (χ3v) is 5.77. The molecule has 162 valence electrons. The van der Waals surface area contributed by atoms with Gasteiger partial charge in [0.25, 0.3) is 5.91 Å². The molecule has 3 rings (SSSR count). The van der Waals surface area contributed by atoms with Gasteiger partial charge in [-0.3, -0.25) is 34.9 Å². The Balaban J connectivity index is 1.56. The third-order valence-electron chi connectivity index (χ3n) is 5.77. The number of nitrogens with zero attached hydrogens (tertiary/aromatic N) is 1. The lowest BCUT2D eigenvalue weighted by Gasteiger charge is -2.34. The van der Waals surface area contributed by atoms with Crippen molar-refractivity contribution >= 4 is 23.6 Å². The summed E-state index contributed by atoms with van der Waals surface area (Å²) in [5.41, 5.74) is 4.71. The van der Waals surface area contributed by atoms with E-state index in [1.807, 2.05) is 13.8 Å². The summed E-state index contributed by atoms with van der Waals surface area (Å²) in [6.07, 6.45) is 1.25. The maximum Gasteiger partial charge on any atom is 0.276 e. The highest BCUT2D eigenvalue weighted by Gasteiger charge is 2.55. The Bertz CT molecular complexity index is 842. The molecular formula is C21H27N3O6. The Hall–Kier alpha value is -3.10. The van der Waals surface area contributed by atoms with Crippen LogP contribution in [0.15, 0.2) is 24.3 Å². The molecule has 30 heavy (non-hydrogen) atoms. The van der Waals surface area contributed by atoms with Gasteiger partial charge in [-0.05, 0) is 37.8 Å². The second-order valence-corrected chi connectivity index (χ2v) is 7.65. The summed E-state index contributed by atoms with van der Waals surface area (Å²) < 4.78 is 10.9. The molecule has 4 amide bonds. The first kappa shape index (κ1) is 21.6. The number of fused-ring (bicyclic) bond motifs is 1. The molecule has 1 saturated carbocycles. The molecule has 2 aliphatic rings. The summed E-state index contributed by atoms with van der Waals surface area (Å²) >= 11 is 0. The number of hydrogen-bond acceptors (Lipinski definition) is 6. The molecule has 1 aliphatic heterocycles. The van der Waals surface area contributed by atoms with Crippen LogP contribution in [0.4, 0.5) is 0 Å². The minimum absolute atomic E-state index is 0.0827. The monoisotopic (exact) mass is 417 g/mol. The molecule has 2 fully saturated rings. The first-order valence-corrected chi connectivity index (χ1v) is 10.1. The molecule has 1 aromatic rings. The van der Waals surface area contributed by atoms with Gasteiger partial charge in [-0.2, -0.15) is 0 Å². The number of benzene rings is 1. The Morgan fingerprint density at radius 2 is 1.73 bits per heavy atom. The smallest absolute Gasteiger partial charge is 0.276 e. The van der Waals surface area contributed by atoms with Crippen LogP contribution in [0.5, 0.6) is 11.5 Å². The number of ether oxygens (including phenoxy) is 2. The molecule has 1 aliphatic carbocycles. The molecule has 4 atom stereocenters. The minimum atomic E-state index is -0.683. The molecular weight excluding hydrogens is 390 g/mol. The van der Waals surface area contributed by atoms with Crippen LogP contribution in [0.2, 0.25) is 0 Å². The van der Waals surface area contributed by atoms with Crippen LogP contribution in [-0.4, -0.2) is 48.8 Å². The molecule has 0 spiro atoms. The molecule has 9 heteroatoms. The molecule has 1 heterocycles. The van der Waals surface area contributed by atoms with Gasteiger partial charge in [0.05, 0.1) is 24.4 Å². The van der Waals surface area contributed by atoms with Crippen molar-refractivity contribution < 1.29 is 28.7 Å². The molecule has 0 aromatic heterocycles. The van der Waals surface area contributed by atoms with Gasteiger partial charge in [0.15, 0.2) is 18.1 Å². The van der Waals surface area contributed by atoms with Crippen molar-refractivity contribution in [1.29, 1.82) is 0 Å². The minimum Gasteiger partial charge on any atom is -0.490 e. The van der Waals surface area contributed by atoms with E-state index in [1.165, 1.54) is 7.05 Å². The number of hydrogen-bond donors (Lipinski definition) is 2. The second kappa shape index (κ2) is 9.15. The molecule has 0 radical (unpaired) electrons. The van der Waals surface area contributed by atoms with Gasteiger partial charge in [0.2, 0.25) is 17.7 Å². The quantitative estimate of drug-likeness (QED) is 0.525. The zero-order valence-electron chi connectivity index (χ0n) is 17.3. The number of imide groups is 1. The molecule has 0 bridgehead atoms. The van der Waals surface area contributed by atoms with E-state index >= 15 is 0 Å². The Morgan fingerprint density at radius 1 is 1.07 bits per heavy atom. The highest BCUT2D eigenvalue weighted by molar-refractivity contribution is 6.07. The highest BCUT2D eigenvalue weighted by Crippen LogP contribution is 2.44. The predicted octanol–water partition coefficient (Wildman–Crippen LogP) is 0.889. The fraction of sp³-hybridized carbons (Fsp3) is 0.524.